The van der Waals surface area contributed by atoms with E-state index in [2.05, 4.69) is 69.0 Å². The molecule has 27 heavy (non-hydrogen) atoms. The molecule has 2 nitrogen and oxygen atoms in total. The van der Waals surface area contributed by atoms with Crippen molar-refractivity contribution < 1.29 is 9.53 Å². The van der Waals surface area contributed by atoms with Crippen molar-refractivity contribution in [3.05, 3.63) is 106 Å². The van der Waals surface area contributed by atoms with Crippen LogP contribution in [0.3, 0.4) is 0 Å². The fourth-order valence-electron chi connectivity index (χ4n) is 5.12. The van der Waals surface area contributed by atoms with Crippen LogP contribution < -0.4 is 0 Å². The minimum Gasteiger partial charge on any atom is -0.432 e. The number of benzene rings is 2. The van der Waals surface area contributed by atoms with Gasteiger partial charge >= 0.3 is 5.97 Å². The van der Waals surface area contributed by atoms with Crippen LogP contribution in [0.4, 0.5) is 0 Å². The van der Waals surface area contributed by atoms with Crippen LogP contribution in [0.15, 0.2) is 84.2 Å². The van der Waals surface area contributed by atoms with Gasteiger partial charge in [0.25, 0.3) is 0 Å². The summed E-state index contributed by atoms with van der Waals surface area (Å²) in [7, 11) is 0. The van der Waals surface area contributed by atoms with Gasteiger partial charge in [-0.25, -0.2) is 0 Å². The Morgan fingerprint density at radius 3 is 1.63 bits per heavy atom. The summed E-state index contributed by atoms with van der Waals surface area (Å²) in [6, 6.07) is 17.3. The van der Waals surface area contributed by atoms with Crippen LogP contribution in [0.2, 0.25) is 0 Å². The summed E-state index contributed by atoms with van der Waals surface area (Å²) in [5.74, 6) is 0.298. The first kappa shape index (κ1) is 17.5. The van der Waals surface area contributed by atoms with Crippen LogP contribution in [0.25, 0.3) is 0 Å². The lowest BCUT2D eigenvalue weighted by atomic mass is 9.48. The molecule has 0 heterocycles. The van der Waals surface area contributed by atoms with Gasteiger partial charge in [0.05, 0.1) is 0 Å². The molecule has 0 spiro atoms. The predicted molar refractivity (Wildman–Crippen MR) is 109 cm³/mol. The van der Waals surface area contributed by atoms with E-state index in [4.69, 9.17) is 4.74 Å². The first-order valence-electron chi connectivity index (χ1n) is 9.29. The molecule has 0 radical (unpaired) electrons. The molecular weight excluding hydrogens is 332 g/mol. The second-order valence-electron chi connectivity index (χ2n) is 7.72. The molecule has 0 aliphatic heterocycles. The van der Waals surface area contributed by atoms with E-state index in [1.54, 1.807) is 0 Å². The second kappa shape index (κ2) is 5.82. The van der Waals surface area contributed by atoms with E-state index in [0.29, 0.717) is 5.76 Å². The number of allylic oxidation sites excluding steroid dienone is 5. The molecule has 2 aromatic rings. The normalized spacial score (nSPS) is 25.7. The smallest absolute Gasteiger partial charge is 0.307 e. The largest absolute Gasteiger partial charge is 0.432 e. The van der Waals surface area contributed by atoms with Gasteiger partial charge in [0.2, 0.25) is 0 Å². The maximum absolute atomic E-state index is 11.4. The average molecular weight is 356 g/mol. The van der Waals surface area contributed by atoms with Crippen molar-refractivity contribution in [3.63, 3.8) is 0 Å². The van der Waals surface area contributed by atoms with Gasteiger partial charge in [-0.05, 0) is 60.2 Å². The van der Waals surface area contributed by atoms with E-state index in [9.17, 15) is 4.79 Å². The van der Waals surface area contributed by atoms with E-state index in [0.717, 1.165) is 5.57 Å². The van der Waals surface area contributed by atoms with Gasteiger partial charge in [0.1, 0.15) is 5.76 Å². The predicted octanol–water partition coefficient (Wildman–Crippen LogP) is 5.58. The molecule has 136 valence electrons. The lowest BCUT2D eigenvalue weighted by molar-refractivity contribution is -0.136. The summed E-state index contributed by atoms with van der Waals surface area (Å²) in [5.41, 5.74) is 6.97. The molecule has 0 atom stereocenters. The number of carbonyl (C=O) groups excluding carboxylic acids is 1. The Kier molecular flexibility index (Phi) is 3.78. The Morgan fingerprint density at radius 2 is 1.26 bits per heavy atom. The van der Waals surface area contributed by atoms with E-state index >= 15 is 0 Å². The molecule has 2 aromatic carbocycles. The van der Waals surface area contributed by atoms with Gasteiger partial charge in [-0.2, -0.15) is 0 Å². The maximum atomic E-state index is 11.4. The third-order valence-corrected chi connectivity index (χ3v) is 6.23. The van der Waals surface area contributed by atoms with Crippen molar-refractivity contribution >= 4 is 5.97 Å². The molecule has 0 amide bonds. The molecule has 0 fully saturated rings. The highest BCUT2D eigenvalue weighted by atomic mass is 16.5. The van der Waals surface area contributed by atoms with Crippen molar-refractivity contribution in [1.82, 2.24) is 0 Å². The minimum atomic E-state index is -0.324. The number of hydrogen-bond acceptors (Lipinski definition) is 2. The minimum absolute atomic E-state index is 0.283. The molecule has 2 heteroatoms. The fraction of sp³-hybridized carbons (Fsp3) is 0.240. The molecule has 3 aliphatic rings. The zero-order chi connectivity index (χ0) is 19.4. The van der Waals surface area contributed by atoms with Crippen LogP contribution in [-0.2, 0) is 20.4 Å². The Bertz CT molecular complexity index is 988. The second-order valence-corrected chi connectivity index (χ2v) is 7.72. The zero-order valence-corrected chi connectivity index (χ0v) is 16.3. The van der Waals surface area contributed by atoms with E-state index in [1.807, 2.05) is 19.1 Å². The summed E-state index contributed by atoms with van der Waals surface area (Å²) in [5, 5.41) is 0. The summed E-state index contributed by atoms with van der Waals surface area (Å²) in [4.78, 5) is 11.4. The van der Waals surface area contributed by atoms with Gasteiger partial charge in [-0.15, -0.1) is 0 Å². The van der Waals surface area contributed by atoms with Gasteiger partial charge in [0.15, 0.2) is 0 Å². The Labute approximate surface area is 160 Å². The van der Waals surface area contributed by atoms with E-state index in [-0.39, 0.29) is 16.8 Å². The van der Waals surface area contributed by atoms with Crippen molar-refractivity contribution in [2.45, 2.75) is 38.5 Å². The summed E-state index contributed by atoms with van der Waals surface area (Å²) in [6.45, 7) is 12.0. The highest BCUT2D eigenvalue weighted by Crippen LogP contribution is 2.62. The quantitative estimate of drug-likeness (QED) is 0.530. The number of rotatable bonds is 3. The molecule has 2 bridgehead atoms. The molecule has 3 aliphatic carbocycles. The number of esters is 1. The zero-order valence-electron chi connectivity index (χ0n) is 16.3. The summed E-state index contributed by atoms with van der Waals surface area (Å²) >= 11 is 0. The molecular formula is C25H24O2. The van der Waals surface area contributed by atoms with Gasteiger partial charge in [-0.1, -0.05) is 61.2 Å². The number of carbonyl (C=O) groups is 1. The molecule has 0 unspecified atom stereocenters. The van der Waals surface area contributed by atoms with E-state index < -0.39 is 0 Å². The lowest BCUT2D eigenvalue weighted by Crippen LogP contribution is -2.47. The molecule has 5 rings (SSSR count). The van der Waals surface area contributed by atoms with Crippen molar-refractivity contribution in [3.8, 4) is 0 Å². The van der Waals surface area contributed by atoms with Crippen LogP contribution in [0.1, 0.15) is 49.9 Å². The summed E-state index contributed by atoms with van der Waals surface area (Å²) < 4.78 is 5.36. The third-order valence-electron chi connectivity index (χ3n) is 6.23. The first-order chi connectivity index (χ1) is 12.8. The number of ether oxygens (including phenoxy) is 1. The Morgan fingerprint density at radius 1 is 0.852 bits per heavy atom. The first-order valence-corrected chi connectivity index (χ1v) is 9.29. The molecule has 0 aromatic heterocycles. The highest BCUT2D eigenvalue weighted by molar-refractivity contribution is 5.76. The van der Waals surface area contributed by atoms with Crippen molar-refractivity contribution in [1.29, 1.82) is 0 Å². The highest BCUT2D eigenvalue weighted by Gasteiger charge is 2.54. The molecule has 0 N–H and O–H groups in total. The SMILES string of the molecule is C=CC1=C(/C=C(\C)OC(C)=O)C2(C)c3ccccc3C1(C)c1ccccc12. The third kappa shape index (κ3) is 2.16. The van der Waals surface area contributed by atoms with Crippen LogP contribution in [0.5, 0.6) is 0 Å². The Balaban J connectivity index is 2.11. The molecule has 0 saturated carbocycles. The number of hydrogen-bond donors (Lipinski definition) is 0. The van der Waals surface area contributed by atoms with Crippen molar-refractivity contribution in [2.75, 3.05) is 0 Å². The Hall–Kier alpha value is -2.87. The van der Waals surface area contributed by atoms with Gasteiger partial charge in [-0.3, -0.25) is 4.79 Å². The topological polar surface area (TPSA) is 26.3 Å². The monoisotopic (exact) mass is 356 g/mol. The van der Waals surface area contributed by atoms with Crippen LogP contribution >= 0.6 is 0 Å². The van der Waals surface area contributed by atoms with Crippen LogP contribution in [0, 0.1) is 0 Å². The van der Waals surface area contributed by atoms with Gasteiger partial charge < -0.3 is 4.74 Å². The van der Waals surface area contributed by atoms with Gasteiger partial charge in [0, 0.05) is 17.8 Å². The van der Waals surface area contributed by atoms with E-state index in [1.165, 1.54) is 34.8 Å². The lowest BCUT2D eigenvalue weighted by Gasteiger charge is -2.54. The van der Waals surface area contributed by atoms with Crippen LogP contribution in [-0.4, -0.2) is 5.97 Å². The summed E-state index contributed by atoms with van der Waals surface area (Å²) in [6.07, 6.45) is 3.99. The maximum Gasteiger partial charge on any atom is 0.307 e. The average Bonchev–Trinajstić information content (AvgIpc) is 2.65. The van der Waals surface area contributed by atoms with Crippen molar-refractivity contribution in [2.24, 2.45) is 0 Å². The fourth-order valence-corrected chi connectivity index (χ4v) is 5.12. The standard InChI is InChI=1S/C25H24O2/c1-6-18-23(15-16(2)27-17(3)26)25(5)21-13-9-7-11-19(21)24(18,4)20-12-8-10-14-22(20)25/h6-15H,1H2,2-5H3/b16-15+. The molecule has 0 saturated heterocycles.